The van der Waals surface area contributed by atoms with Gasteiger partial charge in [-0.3, -0.25) is 9.59 Å². The van der Waals surface area contributed by atoms with E-state index in [2.05, 4.69) is 5.32 Å². The van der Waals surface area contributed by atoms with Gasteiger partial charge in [0.2, 0.25) is 5.91 Å². The van der Waals surface area contributed by atoms with Crippen LogP contribution in [0.2, 0.25) is 0 Å². The number of carbonyl (C=O) groups is 2. The molecule has 4 heteroatoms. The number of phenolic OH excluding ortho intramolecular Hbond substituents is 1. The van der Waals surface area contributed by atoms with E-state index in [9.17, 15) is 14.7 Å². The summed E-state index contributed by atoms with van der Waals surface area (Å²) in [6.45, 7) is 3.06. The van der Waals surface area contributed by atoms with Gasteiger partial charge in [-0.2, -0.15) is 0 Å². The SMILES string of the molecule is CC(=O)Nc1c(C)cc(C=O)cc1O. The molecule has 0 spiro atoms. The van der Waals surface area contributed by atoms with E-state index in [-0.39, 0.29) is 11.7 Å². The summed E-state index contributed by atoms with van der Waals surface area (Å²) in [5, 5.41) is 12.0. The molecule has 1 rings (SSSR count). The lowest BCUT2D eigenvalue weighted by Gasteiger charge is -2.09. The number of rotatable bonds is 2. The molecule has 0 fully saturated rings. The molecule has 0 saturated heterocycles. The summed E-state index contributed by atoms with van der Waals surface area (Å²) in [7, 11) is 0. The summed E-state index contributed by atoms with van der Waals surface area (Å²) >= 11 is 0. The van der Waals surface area contributed by atoms with E-state index < -0.39 is 0 Å². The number of carbonyl (C=O) groups excluding carboxylic acids is 2. The Bertz CT molecular complexity index is 362. The Morgan fingerprint density at radius 2 is 2.14 bits per heavy atom. The average molecular weight is 193 g/mol. The Labute approximate surface area is 81.6 Å². The molecule has 0 saturated carbocycles. The Balaban J connectivity index is 3.17. The largest absolute Gasteiger partial charge is 0.506 e. The van der Waals surface area contributed by atoms with Crippen molar-refractivity contribution in [3.05, 3.63) is 23.3 Å². The summed E-state index contributed by atoms with van der Waals surface area (Å²) in [6, 6.07) is 2.91. The van der Waals surface area contributed by atoms with E-state index >= 15 is 0 Å². The number of aryl methyl sites for hydroxylation is 1. The summed E-state index contributed by atoms with van der Waals surface area (Å²) in [4.78, 5) is 21.2. The molecule has 0 aromatic heterocycles. The maximum atomic E-state index is 10.8. The first-order valence-electron chi connectivity index (χ1n) is 4.11. The third-order valence-electron chi connectivity index (χ3n) is 1.77. The van der Waals surface area contributed by atoms with E-state index in [1.165, 1.54) is 13.0 Å². The van der Waals surface area contributed by atoms with Crippen LogP contribution in [0.15, 0.2) is 12.1 Å². The Morgan fingerprint density at radius 1 is 1.50 bits per heavy atom. The summed E-state index contributed by atoms with van der Waals surface area (Å²) in [6.07, 6.45) is 0.643. The lowest BCUT2D eigenvalue weighted by Crippen LogP contribution is -2.07. The summed E-state index contributed by atoms with van der Waals surface area (Å²) < 4.78 is 0. The van der Waals surface area contributed by atoms with Crippen molar-refractivity contribution in [3.8, 4) is 5.75 Å². The van der Waals surface area contributed by atoms with Crippen LogP contribution in [0.3, 0.4) is 0 Å². The number of benzene rings is 1. The lowest BCUT2D eigenvalue weighted by atomic mass is 10.1. The van der Waals surface area contributed by atoms with Gasteiger partial charge in [0.1, 0.15) is 12.0 Å². The molecule has 1 amide bonds. The fraction of sp³-hybridized carbons (Fsp3) is 0.200. The van der Waals surface area contributed by atoms with Gasteiger partial charge in [-0.05, 0) is 24.6 Å². The van der Waals surface area contributed by atoms with Crippen LogP contribution in [0.25, 0.3) is 0 Å². The van der Waals surface area contributed by atoms with Crippen molar-refractivity contribution in [2.24, 2.45) is 0 Å². The van der Waals surface area contributed by atoms with Crippen molar-refractivity contribution in [1.29, 1.82) is 0 Å². The predicted octanol–water partition coefficient (Wildman–Crippen LogP) is 1.47. The highest BCUT2D eigenvalue weighted by Crippen LogP contribution is 2.28. The molecule has 0 unspecified atom stereocenters. The molecule has 0 aliphatic heterocycles. The minimum Gasteiger partial charge on any atom is -0.506 e. The van der Waals surface area contributed by atoms with Gasteiger partial charge in [-0.1, -0.05) is 0 Å². The van der Waals surface area contributed by atoms with Gasteiger partial charge in [0.05, 0.1) is 5.69 Å². The zero-order valence-corrected chi connectivity index (χ0v) is 8.00. The summed E-state index contributed by atoms with van der Waals surface area (Å²) in [5.74, 6) is -0.357. The monoisotopic (exact) mass is 193 g/mol. The smallest absolute Gasteiger partial charge is 0.221 e. The normalized spacial score (nSPS) is 9.57. The van der Waals surface area contributed by atoms with Gasteiger partial charge >= 0.3 is 0 Å². The standard InChI is InChI=1S/C10H11NO3/c1-6-3-8(5-12)4-9(14)10(6)11-7(2)13/h3-5,14H,1-2H3,(H,11,13). The number of amides is 1. The maximum Gasteiger partial charge on any atom is 0.221 e. The zero-order chi connectivity index (χ0) is 10.7. The summed E-state index contributed by atoms with van der Waals surface area (Å²) in [5.41, 5.74) is 1.39. The molecule has 0 heterocycles. The van der Waals surface area contributed by atoms with E-state index in [4.69, 9.17) is 0 Å². The molecular formula is C10H11NO3. The average Bonchev–Trinajstić information content (AvgIpc) is 2.10. The second kappa shape index (κ2) is 3.91. The number of aromatic hydroxyl groups is 1. The first-order chi connectivity index (χ1) is 6.54. The van der Waals surface area contributed by atoms with Gasteiger partial charge in [0.15, 0.2) is 0 Å². The number of hydrogen-bond acceptors (Lipinski definition) is 3. The molecule has 1 aromatic carbocycles. The molecule has 0 atom stereocenters. The van der Waals surface area contributed by atoms with E-state index in [1.54, 1.807) is 13.0 Å². The zero-order valence-electron chi connectivity index (χ0n) is 8.00. The molecule has 0 bridgehead atoms. The predicted molar refractivity (Wildman–Crippen MR) is 52.5 cm³/mol. The van der Waals surface area contributed by atoms with Gasteiger partial charge in [0.25, 0.3) is 0 Å². The second-order valence-electron chi connectivity index (χ2n) is 3.03. The Kier molecular flexibility index (Phi) is 2.86. The van der Waals surface area contributed by atoms with E-state index in [0.717, 1.165) is 0 Å². The van der Waals surface area contributed by atoms with E-state index in [1.807, 2.05) is 0 Å². The quantitative estimate of drug-likeness (QED) is 0.552. The minimum absolute atomic E-state index is 0.0951. The number of phenols is 1. The van der Waals surface area contributed by atoms with Crippen molar-refractivity contribution in [3.63, 3.8) is 0 Å². The molecule has 4 nitrogen and oxygen atoms in total. The van der Waals surface area contributed by atoms with Crippen molar-refractivity contribution in [2.45, 2.75) is 13.8 Å². The van der Waals surface area contributed by atoms with Crippen LogP contribution >= 0.6 is 0 Å². The number of anilines is 1. The highest BCUT2D eigenvalue weighted by Gasteiger charge is 2.07. The molecule has 14 heavy (non-hydrogen) atoms. The molecular weight excluding hydrogens is 182 g/mol. The van der Waals surface area contributed by atoms with Crippen LogP contribution in [0.1, 0.15) is 22.8 Å². The van der Waals surface area contributed by atoms with Crippen LogP contribution in [0.5, 0.6) is 5.75 Å². The second-order valence-corrected chi connectivity index (χ2v) is 3.03. The Morgan fingerprint density at radius 3 is 2.57 bits per heavy atom. The molecule has 74 valence electrons. The molecule has 0 aliphatic rings. The van der Waals surface area contributed by atoms with Gasteiger partial charge in [0, 0.05) is 12.5 Å². The molecule has 0 aliphatic carbocycles. The van der Waals surface area contributed by atoms with Crippen molar-refractivity contribution >= 4 is 17.9 Å². The van der Waals surface area contributed by atoms with Crippen LogP contribution in [0.4, 0.5) is 5.69 Å². The first kappa shape index (κ1) is 10.2. The van der Waals surface area contributed by atoms with Gasteiger partial charge in [-0.15, -0.1) is 0 Å². The number of hydrogen-bond donors (Lipinski definition) is 2. The van der Waals surface area contributed by atoms with Gasteiger partial charge in [-0.25, -0.2) is 0 Å². The van der Waals surface area contributed by atoms with Crippen LogP contribution in [-0.2, 0) is 4.79 Å². The van der Waals surface area contributed by atoms with Crippen molar-refractivity contribution < 1.29 is 14.7 Å². The third-order valence-corrected chi connectivity index (χ3v) is 1.77. The van der Waals surface area contributed by atoms with Crippen LogP contribution in [-0.4, -0.2) is 17.3 Å². The fourth-order valence-corrected chi connectivity index (χ4v) is 1.20. The topological polar surface area (TPSA) is 66.4 Å². The third kappa shape index (κ3) is 2.10. The van der Waals surface area contributed by atoms with Crippen LogP contribution < -0.4 is 5.32 Å². The van der Waals surface area contributed by atoms with Crippen molar-refractivity contribution in [2.75, 3.05) is 5.32 Å². The highest BCUT2D eigenvalue weighted by atomic mass is 16.3. The first-order valence-corrected chi connectivity index (χ1v) is 4.11. The minimum atomic E-state index is -0.262. The number of nitrogens with one attached hydrogen (secondary N) is 1. The fourth-order valence-electron chi connectivity index (χ4n) is 1.20. The van der Waals surface area contributed by atoms with Crippen molar-refractivity contribution in [1.82, 2.24) is 0 Å². The lowest BCUT2D eigenvalue weighted by molar-refractivity contribution is -0.114. The van der Waals surface area contributed by atoms with E-state index in [0.29, 0.717) is 23.1 Å². The number of aldehydes is 1. The van der Waals surface area contributed by atoms with Gasteiger partial charge < -0.3 is 10.4 Å². The molecule has 0 radical (unpaired) electrons. The molecule has 2 N–H and O–H groups in total. The highest BCUT2D eigenvalue weighted by molar-refractivity contribution is 5.92. The maximum absolute atomic E-state index is 10.8. The van der Waals surface area contributed by atoms with Crippen LogP contribution in [0, 0.1) is 6.92 Å². The molecule has 1 aromatic rings. The Hall–Kier alpha value is -1.84.